The van der Waals surface area contributed by atoms with Gasteiger partial charge in [0.2, 0.25) is 0 Å². The van der Waals surface area contributed by atoms with Crippen LogP contribution in [0.4, 0.5) is 0 Å². The highest BCUT2D eigenvalue weighted by Gasteiger charge is 2.10. The fourth-order valence-corrected chi connectivity index (χ4v) is 3.00. The summed E-state index contributed by atoms with van der Waals surface area (Å²) in [5, 5.41) is 9.63. The van der Waals surface area contributed by atoms with Crippen LogP contribution in [-0.4, -0.2) is 23.7 Å². The number of rotatable bonds is 8. The molecule has 1 heterocycles. The van der Waals surface area contributed by atoms with Crippen molar-refractivity contribution in [2.45, 2.75) is 33.1 Å². The maximum atomic E-state index is 9.63. The quantitative estimate of drug-likeness (QED) is 0.416. The predicted molar refractivity (Wildman–Crippen MR) is 112 cm³/mol. The van der Waals surface area contributed by atoms with Crippen LogP contribution in [0.1, 0.15) is 43.1 Å². The molecule has 0 spiro atoms. The number of hydrogen-bond donors (Lipinski definition) is 1. The van der Waals surface area contributed by atoms with Crippen LogP contribution in [0.3, 0.4) is 0 Å². The van der Waals surface area contributed by atoms with Crippen molar-refractivity contribution in [2.75, 3.05) is 13.7 Å². The second-order valence-corrected chi connectivity index (χ2v) is 6.74. The number of ether oxygens (including phenoxy) is 2. The van der Waals surface area contributed by atoms with Crippen molar-refractivity contribution >= 4 is 22.7 Å². The molecule has 0 radical (unpaired) electrons. The fraction of sp³-hybridized carbons (Fsp3) is 0.304. The van der Waals surface area contributed by atoms with Gasteiger partial charge in [-0.2, -0.15) is 5.26 Å². The zero-order valence-corrected chi connectivity index (χ0v) is 16.6. The predicted octanol–water partition coefficient (Wildman–Crippen LogP) is 5.51. The third kappa shape index (κ3) is 4.52. The molecule has 0 fully saturated rings. The molecule has 1 aromatic heterocycles. The average molecular weight is 375 g/mol. The summed E-state index contributed by atoms with van der Waals surface area (Å²) in [5.74, 6) is 1.93. The highest BCUT2D eigenvalue weighted by atomic mass is 16.5. The number of nitrogens with zero attached hydrogens (tertiary/aromatic N) is 2. The van der Waals surface area contributed by atoms with Crippen molar-refractivity contribution in [2.24, 2.45) is 0 Å². The first kappa shape index (κ1) is 19.5. The first-order valence-corrected chi connectivity index (χ1v) is 9.54. The van der Waals surface area contributed by atoms with Crippen LogP contribution in [0.25, 0.3) is 22.7 Å². The Morgan fingerprint density at radius 2 is 2.04 bits per heavy atom. The standard InChI is InChI=1S/C23H25N3O2/c1-4-5-6-11-28-21-10-8-17(14-22(21)27-3)13-18(15-24)23-25-19-9-7-16(2)12-20(19)26-23/h7-10,12-14H,4-6,11H2,1-3H3,(H,25,26)/b18-13-. The van der Waals surface area contributed by atoms with Gasteiger partial charge in [0.05, 0.1) is 30.3 Å². The summed E-state index contributed by atoms with van der Waals surface area (Å²) >= 11 is 0. The monoisotopic (exact) mass is 375 g/mol. The maximum absolute atomic E-state index is 9.63. The van der Waals surface area contributed by atoms with E-state index < -0.39 is 0 Å². The minimum atomic E-state index is 0.465. The van der Waals surface area contributed by atoms with Crippen LogP contribution < -0.4 is 9.47 Å². The van der Waals surface area contributed by atoms with Gasteiger partial charge in [0.25, 0.3) is 0 Å². The molecule has 0 saturated heterocycles. The van der Waals surface area contributed by atoms with Gasteiger partial charge < -0.3 is 14.5 Å². The van der Waals surface area contributed by atoms with Crippen molar-refractivity contribution in [3.8, 4) is 17.6 Å². The van der Waals surface area contributed by atoms with Gasteiger partial charge in [0, 0.05) is 0 Å². The Hall–Kier alpha value is -3.26. The molecule has 2 aromatic carbocycles. The van der Waals surface area contributed by atoms with E-state index in [0.29, 0.717) is 29.5 Å². The molecule has 1 N–H and O–H groups in total. The number of H-pyrrole nitrogens is 1. The van der Waals surface area contributed by atoms with E-state index in [9.17, 15) is 5.26 Å². The topological polar surface area (TPSA) is 70.9 Å². The third-order valence-electron chi connectivity index (χ3n) is 4.52. The Morgan fingerprint density at radius 1 is 1.18 bits per heavy atom. The van der Waals surface area contributed by atoms with Gasteiger partial charge in [-0.15, -0.1) is 0 Å². The summed E-state index contributed by atoms with van der Waals surface area (Å²) in [6.45, 7) is 4.86. The number of nitriles is 1. The molecule has 144 valence electrons. The molecule has 0 aliphatic heterocycles. The second-order valence-electron chi connectivity index (χ2n) is 6.74. The summed E-state index contributed by atoms with van der Waals surface area (Å²) in [5.41, 5.74) is 4.22. The first-order valence-electron chi connectivity index (χ1n) is 9.54. The van der Waals surface area contributed by atoms with Gasteiger partial charge in [0.1, 0.15) is 11.9 Å². The van der Waals surface area contributed by atoms with Gasteiger partial charge in [-0.05, 0) is 54.8 Å². The fourth-order valence-electron chi connectivity index (χ4n) is 3.00. The molecule has 0 saturated carbocycles. The maximum Gasteiger partial charge on any atom is 0.161 e. The Labute approximate surface area is 165 Å². The number of aryl methyl sites for hydroxylation is 1. The minimum Gasteiger partial charge on any atom is -0.493 e. The summed E-state index contributed by atoms with van der Waals surface area (Å²) in [6.07, 6.45) is 5.12. The highest BCUT2D eigenvalue weighted by Crippen LogP contribution is 2.30. The van der Waals surface area contributed by atoms with E-state index in [0.717, 1.165) is 41.4 Å². The average Bonchev–Trinajstić information content (AvgIpc) is 3.12. The van der Waals surface area contributed by atoms with Gasteiger partial charge in [0.15, 0.2) is 11.5 Å². The van der Waals surface area contributed by atoms with E-state index in [1.54, 1.807) is 13.2 Å². The summed E-state index contributed by atoms with van der Waals surface area (Å²) in [6, 6.07) is 13.9. The molecular weight excluding hydrogens is 350 g/mol. The number of methoxy groups -OCH3 is 1. The summed E-state index contributed by atoms with van der Waals surface area (Å²) < 4.78 is 11.3. The van der Waals surface area contributed by atoms with E-state index >= 15 is 0 Å². The Kier molecular flexibility index (Phi) is 6.33. The van der Waals surface area contributed by atoms with Crippen LogP contribution >= 0.6 is 0 Å². The third-order valence-corrected chi connectivity index (χ3v) is 4.52. The number of hydrogen-bond acceptors (Lipinski definition) is 4. The lowest BCUT2D eigenvalue weighted by atomic mass is 10.1. The molecule has 5 nitrogen and oxygen atoms in total. The minimum absolute atomic E-state index is 0.465. The lowest BCUT2D eigenvalue weighted by Gasteiger charge is -2.11. The van der Waals surface area contributed by atoms with Gasteiger partial charge in [-0.3, -0.25) is 0 Å². The van der Waals surface area contributed by atoms with E-state index in [1.165, 1.54) is 0 Å². The molecule has 28 heavy (non-hydrogen) atoms. The lowest BCUT2D eigenvalue weighted by molar-refractivity contribution is 0.286. The first-order chi connectivity index (χ1) is 13.6. The molecule has 3 aromatic rings. The lowest BCUT2D eigenvalue weighted by Crippen LogP contribution is -1.99. The van der Waals surface area contributed by atoms with Gasteiger partial charge in [-0.25, -0.2) is 4.98 Å². The van der Waals surface area contributed by atoms with E-state index in [2.05, 4.69) is 23.0 Å². The van der Waals surface area contributed by atoms with E-state index in [-0.39, 0.29) is 0 Å². The number of allylic oxidation sites excluding steroid dienone is 1. The number of unbranched alkanes of at least 4 members (excludes halogenated alkanes) is 2. The molecule has 3 rings (SSSR count). The molecular formula is C23H25N3O2. The smallest absolute Gasteiger partial charge is 0.161 e. The molecule has 0 amide bonds. The second kappa shape index (κ2) is 9.09. The van der Waals surface area contributed by atoms with Crippen LogP contribution in [0, 0.1) is 18.3 Å². The Bertz CT molecular complexity index is 1030. The number of imidazole rings is 1. The van der Waals surface area contributed by atoms with Crippen LogP contribution in [0.15, 0.2) is 36.4 Å². The Balaban J connectivity index is 1.86. The van der Waals surface area contributed by atoms with Crippen molar-refractivity contribution in [1.29, 1.82) is 5.26 Å². The number of aromatic nitrogens is 2. The molecule has 0 bridgehead atoms. The van der Waals surface area contributed by atoms with Crippen LogP contribution in [0.5, 0.6) is 11.5 Å². The number of nitrogens with one attached hydrogen (secondary N) is 1. The van der Waals surface area contributed by atoms with E-state index in [4.69, 9.17) is 9.47 Å². The summed E-state index contributed by atoms with van der Waals surface area (Å²) in [7, 11) is 1.62. The zero-order valence-electron chi connectivity index (χ0n) is 16.6. The summed E-state index contributed by atoms with van der Waals surface area (Å²) in [4.78, 5) is 7.77. The largest absolute Gasteiger partial charge is 0.493 e. The molecule has 0 aliphatic rings. The number of benzene rings is 2. The van der Waals surface area contributed by atoms with Gasteiger partial charge >= 0.3 is 0 Å². The highest BCUT2D eigenvalue weighted by molar-refractivity contribution is 5.90. The molecule has 0 aliphatic carbocycles. The van der Waals surface area contributed by atoms with Crippen molar-refractivity contribution in [3.05, 3.63) is 53.3 Å². The van der Waals surface area contributed by atoms with Crippen molar-refractivity contribution < 1.29 is 9.47 Å². The zero-order chi connectivity index (χ0) is 19.9. The molecule has 5 heteroatoms. The van der Waals surface area contributed by atoms with Crippen molar-refractivity contribution in [3.63, 3.8) is 0 Å². The van der Waals surface area contributed by atoms with E-state index in [1.807, 2.05) is 43.3 Å². The molecule has 0 unspecified atom stereocenters. The van der Waals surface area contributed by atoms with Crippen LogP contribution in [0.2, 0.25) is 0 Å². The normalized spacial score (nSPS) is 11.4. The molecule has 0 atom stereocenters. The van der Waals surface area contributed by atoms with Gasteiger partial charge in [-0.1, -0.05) is 31.9 Å². The van der Waals surface area contributed by atoms with Crippen LogP contribution in [-0.2, 0) is 0 Å². The SMILES string of the molecule is CCCCCOc1ccc(/C=C(/C#N)c2nc3ccc(C)cc3[nH]2)cc1OC. The van der Waals surface area contributed by atoms with Crippen molar-refractivity contribution in [1.82, 2.24) is 9.97 Å². The number of aromatic amines is 1. The Morgan fingerprint density at radius 3 is 2.79 bits per heavy atom. The number of fused-ring (bicyclic) bond motifs is 1.